The normalized spacial score (nSPS) is 10.8. The molecule has 0 unspecified atom stereocenters. The third-order valence-corrected chi connectivity index (χ3v) is 4.54. The quantitative estimate of drug-likeness (QED) is 0.296. The molecule has 0 saturated heterocycles. The summed E-state index contributed by atoms with van der Waals surface area (Å²) in [5, 5.41) is 6.82. The van der Waals surface area contributed by atoms with Gasteiger partial charge in [0, 0.05) is 5.38 Å². The van der Waals surface area contributed by atoms with Gasteiger partial charge in [-0.1, -0.05) is 17.7 Å². The Morgan fingerprint density at radius 2 is 1.93 bits per heavy atom. The van der Waals surface area contributed by atoms with Crippen molar-refractivity contribution in [3.8, 4) is 11.5 Å². The summed E-state index contributed by atoms with van der Waals surface area (Å²) in [7, 11) is 1.52. The van der Waals surface area contributed by atoms with Crippen LogP contribution < -0.4 is 14.9 Å². The van der Waals surface area contributed by atoms with E-state index in [1.165, 1.54) is 18.4 Å². The Morgan fingerprint density at radius 3 is 2.59 bits per heavy atom. The molecule has 0 amide bonds. The smallest absolute Gasteiger partial charge is 0.343 e. The lowest BCUT2D eigenvalue weighted by molar-refractivity contribution is 0.0729. The van der Waals surface area contributed by atoms with E-state index in [1.54, 1.807) is 36.5 Å². The first-order chi connectivity index (χ1) is 13.0. The third-order valence-electron chi connectivity index (χ3n) is 3.67. The lowest BCUT2D eigenvalue weighted by Crippen LogP contribution is -2.09. The number of hydrogen-bond acceptors (Lipinski definition) is 7. The van der Waals surface area contributed by atoms with Crippen LogP contribution in [0.25, 0.3) is 0 Å². The standard InChI is InChI=1S/C20H19N3O3S/c1-13-4-7-16(8-5-13)19(24)26-17-9-6-15(10-18(17)25-3)11-21-23-20-22-14(2)12-27-20/h4-12H,1-3H3,(H,22,23). The van der Waals surface area contributed by atoms with E-state index in [0.29, 0.717) is 17.1 Å². The molecular weight excluding hydrogens is 362 g/mol. The maximum atomic E-state index is 12.3. The van der Waals surface area contributed by atoms with Crippen LogP contribution in [-0.4, -0.2) is 24.3 Å². The Morgan fingerprint density at radius 1 is 1.15 bits per heavy atom. The largest absolute Gasteiger partial charge is 0.493 e. The van der Waals surface area contributed by atoms with Gasteiger partial charge in [-0.05, 0) is 49.7 Å². The summed E-state index contributed by atoms with van der Waals surface area (Å²) in [5.74, 6) is 0.365. The minimum atomic E-state index is -0.435. The highest BCUT2D eigenvalue weighted by molar-refractivity contribution is 7.13. The zero-order valence-corrected chi connectivity index (χ0v) is 16.0. The van der Waals surface area contributed by atoms with Crippen LogP contribution in [0.3, 0.4) is 0 Å². The van der Waals surface area contributed by atoms with Gasteiger partial charge in [0.1, 0.15) is 0 Å². The zero-order chi connectivity index (χ0) is 19.2. The molecule has 0 aliphatic rings. The summed E-state index contributed by atoms with van der Waals surface area (Å²) < 4.78 is 10.8. The molecule has 138 valence electrons. The highest BCUT2D eigenvalue weighted by atomic mass is 32.1. The van der Waals surface area contributed by atoms with E-state index in [-0.39, 0.29) is 0 Å². The van der Waals surface area contributed by atoms with Crippen molar-refractivity contribution in [3.63, 3.8) is 0 Å². The van der Waals surface area contributed by atoms with Crippen molar-refractivity contribution in [2.24, 2.45) is 5.10 Å². The van der Waals surface area contributed by atoms with E-state index >= 15 is 0 Å². The number of thiazole rings is 1. The summed E-state index contributed by atoms with van der Waals surface area (Å²) >= 11 is 1.48. The first kappa shape index (κ1) is 18.6. The van der Waals surface area contributed by atoms with Crippen molar-refractivity contribution in [1.29, 1.82) is 0 Å². The third kappa shape index (κ3) is 4.92. The number of carbonyl (C=O) groups excluding carboxylic acids is 1. The minimum absolute atomic E-state index is 0.351. The Balaban J connectivity index is 1.70. The molecule has 3 rings (SSSR count). The number of rotatable bonds is 6. The van der Waals surface area contributed by atoms with Gasteiger partial charge in [-0.3, -0.25) is 5.43 Å². The van der Waals surface area contributed by atoms with Gasteiger partial charge in [-0.15, -0.1) is 11.3 Å². The van der Waals surface area contributed by atoms with Crippen molar-refractivity contribution in [2.45, 2.75) is 13.8 Å². The number of ether oxygens (including phenoxy) is 2. The average molecular weight is 381 g/mol. The van der Waals surface area contributed by atoms with Crippen LogP contribution in [0.15, 0.2) is 52.9 Å². The molecule has 0 radical (unpaired) electrons. The number of aromatic nitrogens is 1. The predicted octanol–water partition coefficient (Wildman–Crippen LogP) is 4.43. The number of nitrogens with zero attached hydrogens (tertiary/aromatic N) is 2. The predicted molar refractivity (Wildman–Crippen MR) is 107 cm³/mol. The first-order valence-corrected chi connectivity index (χ1v) is 9.11. The van der Waals surface area contributed by atoms with E-state index in [0.717, 1.165) is 22.0 Å². The molecule has 0 bridgehead atoms. The van der Waals surface area contributed by atoms with Gasteiger partial charge in [0.05, 0.1) is 24.6 Å². The van der Waals surface area contributed by atoms with Gasteiger partial charge < -0.3 is 9.47 Å². The second kappa shape index (κ2) is 8.46. The SMILES string of the molecule is COc1cc(C=NNc2nc(C)cs2)ccc1OC(=O)c1ccc(C)cc1. The number of benzene rings is 2. The molecule has 0 aliphatic heterocycles. The van der Waals surface area contributed by atoms with Gasteiger partial charge in [0.2, 0.25) is 5.13 Å². The number of carbonyl (C=O) groups is 1. The lowest BCUT2D eigenvalue weighted by atomic mass is 10.1. The number of aryl methyl sites for hydroxylation is 2. The highest BCUT2D eigenvalue weighted by Crippen LogP contribution is 2.28. The number of nitrogens with one attached hydrogen (secondary N) is 1. The summed E-state index contributed by atoms with van der Waals surface area (Å²) in [5.41, 5.74) is 6.17. The number of esters is 1. The number of anilines is 1. The molecule has 0 saturated carbocycles. The first-order valence-electron chi connectivity index (χ1n) is 8.23. The van der Waals surface area contributed by atoms with Crippen LogP contribution >= 0.6 is 11.3 Å². The van der Waals surface area contributed by atoms with Gasteiger partial charge in [0.25, 0.3) is 0 Å². The number of methoxy groups -OCH3 is 1. The van der Waals surface area contributed by atoms with Gasteiger partial charge >= 0.3 is 5.97 Å². The average Bonchev–Trinajstić information content (AvgIpc) is 3.08. The number of hydrogen-bond donors (Lipinski definition) is 1. The molecule has 0 atom stereocenters. The van der Waals surface area contributed by atoms with Crippen LogP contribution in [0.1, 0.15) is 27.2 Å². The van der Waals surface area contributed by atoms with E-state index in [9.17, 15) is 4.79 Å². The van der Waals surface area contributed by atoms with Gasteiger partial charge in [-0.2, -0.15) is 5.10 Å². The van der Waals surface area contributed by atoms with Crippen LogP contribution in [0, 0.1) is 13.8 Å². The molecule has 2 aromatic carbocycles. The monoisotopic (exact) mass is 381 g/mol. The fourth-order valence-electron chi connectivity index (χ4n) is 2.26. The Bertz CT molecular complexity index is 965. The molecule has 6 nitrogen and oxygen atoms in total. The lowest BCUT2D eigenvalue weighted by Gasteiger charge is -2.10. The molecule has 1 aromatic heterocycles. The maximum Gasteiger partial charge on any atom is 0.343 e. The van der Waals surface area contributed by atoms with E-state index < -0.39 is 5.97 Å². The Hall–Kier alpha value is -3.19. The zero-order valence-electron chi connectivity index (χ0n) is 15.2. The summed E-state index contributed by atoms with van der Waals surface area (Å²) in [6, 6.07) is 12.4. The molecule has 27 heavy (non-hydrogen) atoms. The Labute approximate surface area is 161 Å². The summed E-state index contributed by atoms with van der Waals surface area (Å²) in [6.45, 7) is 3.88. The second-order valence-corrected chi connectivity index (χ2v) is 6.69. The van der Waals surface area contributed by atoms with Crippen molar-refractivity contribution in [1.82, 2.24) is 4.98 Å². The van der Waals surface area contributed by atoms with Crippen LogP contribution in [0.2, 0.25) is 0 Å². The fourth-order valence-corrected chi connectivity index (χ4v) is 2.90. The molecule has 0 spiro atoms. The van der Waals surface area contributed by atoms with E-state index in [2.05, 4.69) is 15.5 Å². The minimum Gasteiger partial charge on any atom is -0.493 e. The highest BCUT2D eigenvalue weighted by Gasteiger charge is 2.12. The molecule has 0 fully saturated rings. The molecule has 7 heteroatoms. The summed E-state index contributed by atoms with van der Waals surface area (Å²) in [4.78, 5) is 16.6. The second-order valence-electron chi connectivity index (χ2n) is 5.83. The molecule has 1 heterocycles. The van der Waals surface area contributed by atoms with E-state index in [1.807, 2.05) is 31.4 Å². The van der Waals surface area contributed by atoms with Gasteiger partial charge in [0.15, 0.2) is 11.5 Å². The van der Waals surface area contributed by atoms with Crippen molar-refractivity contribution in [2.75, 3.05) is 12.5 Å². The fraction of sp³-hybridized carbons (Fsp3) is 0.150. The molecule has 1 N–H and O–H groups in total. The van der Waals surface area contributed by atoms with Crippen molar-refractivity contribution in [3.05, 3.63) is 70.2 Å². The summed E-state index contributed by atoms with van der Waals surface area (Å²) in [6.07, 6.45) is 1.64. The molecule has 3 aromatic rings. The van der Waals surface area contributed by atoms with E-state index in [4.69, 9.17) is 9.47 Å². The van der Waals surface area contributed by atoms with Crippen molar-refractivity contribution >= 4 is 28.7 Å². The number of hydrazone groups is 1. The van der Waals surface area contributed by atoms with Crippen LogP contribution in [0.5, 0.6) is 11.5 Å². The Kier molecular flexibility index (Phi) is 5.83. The molecule has 0 aliphatic carbocycles. The molecular formula is C20H19N3O3S. The van der Waals surface area contributed by atoms with Crippen LogP contribution in [0.4, 0.5) is 5.13 Å². The van der Waals surface area contributed by atoms with Crippen molar-refractivity contribution < 1.29 is 14.3 Å². The van der Waals surface area contributed by atoms with Gasteiger partial charge in [-0.25, -0.2) is 9.78 Å². The maximum absolute atomic E-state index is 12.3. The van der Waals surface area contributed by atoms with Crippen LogP contribution in [-0.2, 0) is 0 Å². The topological polar surface area (TPSA) is 72.8 Å².